The van der Waals surface area contributed by atoms with Crippen LogP contribution in [0.4, 0.5) is 0 Å². The van der Waals surface area contributed by atoms with Crippen molar-refractivity contribution in [2.75, 3.05) is 0 Å². The van der Waals surface area contributed by atoms with Crippen LogP contribution < -0.4 is 0 Å². The molecule has 0 atom stereocenters. The van der Waals surface area contributed by atoms with Gasteiger partial charge in [0.15, 0.2) is 5.03 Å². The molecule has 0 aliphatic carbocycles. The lowest BCUT2D eigenvalue weighted by Gasteiger charge is -2.03. The van der Waals surface area contributed by atoms with Gasteiger partial charge in [0.1, 0.15) is 5.03 Å². The lowest BCUT2D eigenvalue weighted by Crippen LogP contribution is -2.08. The van der Waals surface area contributed by atoms with Crippen molar-refractivity contribution >= 4 is 9.84 Å². The number of aryl methyl sites for hydroxylation is 1. The van der Waals surface area contributed by atoms with E-state index in [4.69, 9.17) is 0 Å². The molecule has 0 radical (unpaired) electrons. The standard InChI is InChI=1S/C10H10N2O2S/c1-12-8-4-6-10(12)15(13,14)9-5-2-3-7-11-9/h2-8H,1H3. The molecule has 5 heteroatoms. The normalized spacial score (nSPS) is 11.5. The van der Waals surface area contributed by atoms with Crippen molar-refractivity contribution in [1.29, 1.82) is 0 Å². The van der Waals surface area contributed by atoms with Gasteiger partial charge in [-0.2, -0.15) is 0 Å². The predicted octanol–water partition coefficient (Wildman–Crippen LogP) is 1.25. The van der Waals surface area contributed by atoms with Gasteiger partial charge in [-0.25, -0.2) is 13.4 Å². The molecule has 0 saturated carbocycles. The smallest absolute Gasteiger partial charge is 0.239 e. The quantitative estimate of drug-likeness (QED) is 0.768. The minimum absolute atomic E-state index is 0.0757. The van der Waals surface area contributed by atoms with Crippen LogP contribution in [0.15, 0.2) is 52.8 Å². The third-order valence-electron chi connectivity index (χ3n) is 2.08. The Morgan fingerprint density at radius 2 is 2.00 bits per heavy atom. The molecular weight excluding hydrogens is 212 g/mol. The van der Waals surface area contributed by atoms with Gasteiger partial charge in [-0.3, -0.25) is 0 Å². The van der Waals surface area contributed by atoms with Crippen molar-refractivity contribution in [2.45, 2.75) is 10.1 Å². The summed E-state index contributed by atoms with van der Waals surface area (Å²) in [5.41, 5.74) is 0. The summed E-state index contributed by atoms with van der Waals surface area (Å²) >= 11 is 0. The zero-order valence-corrected chi connectivity index (χ0v) is 8.98. The Morgan fingerprint density at radius 1 is 1.20 bits per heavy atom. The van der Waals surface area contributed by atoms with Crippen LogP contribution in [-0.2, 0) is 16.9 Å². The molecular formula is C10H10N2O2S. The molecule has 78 valence electrons. The van der Waals surface area contributed by atoms with E-state index in [-0.39, 0.29) is 10.1 Å². The Labute approximate surface area is 88.1 Å². The average Bonchev–Trinajstić information content (AvgIpc) is 2.66. The van der Waals surface area contributed by atoms with Crippen LogP contribution >= 0.6 is 0 Å². The molecule has 4 nitrogen and oxygen atoms in total. The van der Waals surface area contributed by atoms with Crippen LogP contribution in [0.3, 0.4) is 0 Å². The second-order valence-corrected chi connectivity index (χ2v) is 4.97. The highest BCUT2D eigenvalue weighted by molar-refractivity contribution is 7.91. The van der Waals surface area contributed by atoms with Crippen molar-refractivity contribution in [3.05, 3.63) is 42.7 Å². The highest BCUT2D eigenvalue weighted by Crippen LogP contribution is 2.17. The molecule has 0 spiro atoms. The van der Waals surface area contributed by atoms with Gasteiger partial charge >= 0.3 is 0 Å². The molecule has 2 aromatic heterocycles. The number of pyridine rings is 1. The highest BCUT2D eigenvalue weighted by Gasteiger charge is 2.20. The minimum Gasteiger partial charge on any atom is -0.341 e. The summed E-state index contributed by atoms with van der Waals surface area (Å²) in [5, 5.41) is 0.327. The van der Waals surface area contributed by atoms with Gasteiger partial charge in [0, 0.05) is 19.4 Å². The summed E-state index contributed by atoms with van der Waals surface area (Å²) in [7, 11) is -1.78. The van der Waals surface area contributed by atoms with Crippen molar-refractivity contribution in [2.24, 2.45) is 7.05 Å². The van der Waals surface area contributed by atoms with Gasteiger partial charge in [0.05, 0.1) is 0 Å². The summed E-state index contributed by atoms with van der Waals surface area (Å²) in [6.07, 6.45) is 3.16. The molecule has 0 amide bonds. The van der Waals surface area contributed by atoms with Crippen LogP contribution in [0.2, 0.25) is 0 Å². The van der Waals surface area contributed by atoms with Gasteiger partial charge < -0.3 is 4.57 Å². The second kappa shape index (κ2) is 3.51. The van der Waals surface area contributed by atoms with E-state index in [0.717, 1.165) is 0 Å². The summed E-state index contributed by atoms with van der Waals surface area (Å²) in [5.74, 6) is 0. The molecule has 0 fully saturated rings. The predicted molar refractivity (Wildman–Crippen MR) is 55.1 cm³/mol. The number of rotatable bonds is 2. The first kappa shape index (κ1) is 9.92. The first-order chi connectivity index (χ1) is 7.12. The summed E-state index contributed by atoms with van der Waals surface area (Å²) in [6.45, 7) is 0. The average molecular weight is 222 g/mol. The molecule has 0 N–H and O–H groups in total. The summed E-state index contributed by atoms with van der Waals surface area (Å²) in [4.78, 5) is 3.85. The fraction of sp³-hybridized carbons (Fsp3) is 0.100. The molecule has 2 aromatic rings. The zero-order valence-electron chi connectivity index (χ0n) is 8.16. The van der Waals surface area contributed by atoms with Crippen molar-refractivity contribution < 1.29 is 8.42 Å². The monoisotopic (exact) mass is 222 g/mol. The third-order valence-corrected chi connectivity index (χ3v) is 3.85. The fourth-order valence-electron chi connectivity index (χ4n) is 1.34. The van der Waals surface area contributed by atoms with Crippen LogP contribution in [0.25, 0.3) is 0 Å². The van der Waals surface area contributed by atoms with E-state index in [0.29, 0.717) is 0 Å². The Kier molecular flexibility index (Phi) is 2.32. The van der Waals surface area contributed by atoms with E-state index >= 15 is 0 Å². The van der Waals surface area contributed by atoms with Crippen LogP contribution in [0.5, 0.6) is 0 Å². The second-order valence-electron chi connectivity index (χ2n) is 3.13. The molecule has 2 rings (SSSR count). The molecule has 0 aromatic carbocycles. The molecule has 0 aliphatic heterocycles. The van der Waals surface area contributed by atoms with Gasteiger partial charge in [-0.05, 0) is 24.3 Å². The van der Waals surface area contributed by atoms with E-state index < -0.39 is 9.84 Å². The van der Waals surface area contributed by atoms with E-state index in [1.807, 2.05) is 0 Å². The largest absolute Gasteiger partial charge is 0.341 e. The first-order valence-corrected chi connectivity index (χ1v) is 5.88. The Morgan fingerprint density at radius 3 is 2.53 bits per heavy atom. The van der Waals surface area contributed by atoms with Gasteiger partial charge in [0.2, 0.25) is 9.84 Å². The SMILES string of the molecule is Cn1cccc1S(=O)(=O)c1ccccn1. The van der Waals surface area contributed by atoms with Crippen molar-refractivity contribution in [1.82, 2.24) is 9.55 Å². The lowest BCUT2D eigenvalue weighted by molar-refractivity contribution is 0.582. The maximum absolute atomic E-state index is 12.0. The van der Waals surface area contributed by atoms with E-state index in [1.165, 1.54) is 12.3 Å². The Bertz CT molecular complexity index is 558. The van der Waals surface area contributed by atoms with Crippen LogP contribution in [0, 0.1) is 0 Å². The Balaban J connectivity index is 2.60. The lowest BCUT2D eigenvalue weighted by atomic mass is 10.5. The number of sulfone groups is 1. The van der Waals surface area contributed by atoms with Gasteiger partial charge in [0.25, 0.3) is 0 Å². The van der Waals surface area contributed by atoms with Gasteiger partial charge in [-0.15, -0.1) is 0 Å². The zero-order chi connectivity index (χ0) is 10.9. The molecule has 15 heavy (non-hydrogen) atoms. The number of aromatic nitrogens is 2. The number of hydrogen-bond acceptors (Lipinski definition) is 3. The molecule has 0 saturated heterocycles. The maximum atomic E-state index is 12.0. The number of nitrogens with zero attached hydrogens (tertiary/aromatic N) is 2. The summed E-state index contributed by atoms with van der Waals surface area (Å²) in [6, 6.07) is 8.08. The van der Waals surface area contributed by atoms with Gasteiger partial charge in [-0.1, -0.05) is 6.07 Å². The van der Waals surface area contributed by atoms with Crippen molar-refractivity contribution in [3.63, 3.8) is 0 Å². The van der Waals surface area contributed by atoms with E-state index in [1.54, 1.807) is 42.1 Å². The van der Waals surface area contributed by atoms with E-state index in [2.05, 4.69) is 4.98 Å². The molecule has 0 bridgehead atoms. The van der Waals surface area contributed by atoms with Crippen molar-refractivity contribution in [3.8, 4) is 0 Å². The van der Waals surface area contributed by atoms with Crippen LogP contribution in [-0.4, -0.2) is 18.0 Å². The minimum atomic E-state index is -3.47. The molecule has 0 aliphatic rings. The topological polar surface area (TPSA) is 52.0 Å². The third kappa shape index (κ3) is 1.66. The fourth-order valence-corrected chi connectivity index (χ4v) is 2.71. The molecule has 2 heterocycles. The highest BCUT2D eigenvalue weighted by atomic mass is 32.2. The van der Waals surface area contributed by atoms with E-state index in [9.17, 15) is 8.42 Å². The van der Waals surface area contributed by atoms with Crippen LogP contribution in [0.1, 0.15) is 0 Å². The molecule has 0 unspecified atom stereocenters. The Hall–Kier alpha value is -1.62. The number of hydrogen-bond donors (Lipinski definition) is 0. The first-order valence-electron chi connectivity index (χ1n) is 4.40. The maximum Gasteiger partial charge on any atom is 0.239 e. The summed E-state index contributed by atoms with van der Waals surface area (Å²) < 4.78 is 25.6.